The second-order valence-corrected chi connectivity index (χ2v) is 5.71. The highest BCUT2D eigenvalue weighted by Gasteiger charge is 2.45. The van der Waals surface area contributed by atoms with Gasteiger partial charge in [-0.25, -0.2) is 0 Å². The summed E-state index contributed by atoms with van der Waals surface area (Å²) < 4.78 is 5.49. The Balaban J connectivity index is 2.00. The molecule has 0 aromatic heterocycles. The number of epoxide rings is 1. The van der Waals surface area contributed by atoms with E-state index >= 15 is 0 Å². The van der Waals surface area contributed by atoms with Gasteiger partial charge in [0.05, 0.1) is 6.10 Å². The molecule has 3 heteroatoms. The Labute approximate surface area is 92.0 Å². The first-order valence-corrected chi connectivity index (χ1v) is 6.18. The molecule has 2 rings (SSSR count). The lowest BCUT2D eigenvalue weighted by atomic mass is 9.85. The van der Waals surface area contributed by atoms with Crippen LogP contribution in [0.3, 0.4) is 0 Å². The second kappa shape index (κ2) is 4.03. The first-order chi connectivity index (χ1) is 6.58. The molecular formula is C11H21NOS. The standard InChI is InChI=1S/C11H21NOS/c1-6-3-8(12)5-7(2)9(4-6)10-11(14)13-10/h6-11,14H,3-5,12H2,1-2H3. The highest BCUT2D eigenvalue weighted by molar-refractivity contribution is 7.81. The molecule has 82 valence electrons. The van der Waals surface area contributed by atoms with Crippen LogP contribution in [-0.4, -0.2) is 17.6 Å². The van der Waals surface area contributed by atoms with Gasteiger partial charge in [-0.15, -0.1) is 12.6 Å². The quantitative estimate of drug-likeness (QED) is 0.399. The molecule has 6 unspecified atom stereocenters. The predicted octanol–water partition coefficient (Wildman–Crippen LogP) is 2.04. The number of nitrogens with two attached hydrogens (primary N) is 1. The van der Waals surface area contributed by atoms with E-state index in [1.165, 1.54) is 12.8 Å². The van der Waals surface area contributed by atoms with Crippen molar-refractivity contribution in [3.05, 3.63) is 0 Å². The monoisotopic (exact) mass is 215 g/mol. The zero-order valence-electron chi connectivity index (χ0n) is 9.02. The van der Waals surface area contributed by atoms with Crippen LogP contribution in [0, 0.1) is 17.8 Å². The van der Waals surface area contributed by atoms with Gasteiger partial charge in [-0.3, -0.25) is 0 Å². The minimum atomic E-state index is 0.198. The van der Waals surface area contributed by atoms with E-state index in [2.05, 4.69) is 26.5 Å². The third-order valence-corrected chi connectivity index (χ3v) is 4.12. The van der Waals surface area contributed by atoms with Crippen LogP contribution >= 0.6 is 12.6 Å². The van der Waals surface area contributed by atoms with E-state index in [-0.39, 0.29) is 5.44 Å². The predicted molar refractivity (Wildman–Crippen MR) is 61.3 cm³/mol. The summed E-state index contributed by atoms with van der Waals surface area (Å²) in [5.41, 5.74) is 6.27. The van der Waals surface area contributed by atoms with Crippen molar-refractivity contribution in [2.75, 3.05) is 0 Å². The Morgan fingerprint density at radius 1 is 1.21 bits per heavy atom. The van der Waals surface area contributed by atoms with Gasteiger partial charge in [0.2, 0.25) is 0 Å². The van der Waals surface area contributed by atoms with Crippen LogP contribution in [0.25, 0.3) is 0 Å². The molecule has 0 aromatic carbocycles. The van der Waals surface area contributed by atoms with E-state index in [4.69, 9.17) is 10.5 Å². The van der Waals surface area contributed by atoms with Crippen molar-refractivity contribution >= 4 is 12.6 Å². The van der Waals surface area contributed by atoms with Crippen LogP contribution in [0.4, 0.5) is 0 Å². The molecule has 2 nitrogen and oxygen atoms in total. The van der Waals surface area contributed by atoms with Crippen molar-refractivity contribution in [3.63, 3.8) is 0 Å². The molecule has 1 saturated heterocycles. The molecule has 0 aromatic rings. The maximum atomic E-state index is 6.07. The van der Waals surface area contributed by atoms with E-state index in [1.807, 2.05) is 0 Å². The zero-order chi connectivity index (χ0) is 10.3. The van der Waals surface area contributed by atoms with Gasteiger partial charge in [0.15, 0.2) is 0 Å². The van der Waals surface area contributed by atoms with Gasteiger partial charge in [0.25, 0.3) is 0 Å². The SMILES string of the molecule is CC1CC(N)CC(C)C(C2OC2S)C1. The Morgan fingerprint density at radius 2 is 1.86 bits per heavy atom. The van der Waals surface area contributed by atoms with Crippen LogP contribution < -0.4 is 5.73 Å². The highest BCUT2D eigenvalue weighted by atomic mass is 32.1. The fourth-order valence-electron chi connectivity index (χ4n) is 2.94. The first kappa shape index (κ1) is 10.8. The number of ether oxygens (including phenoxy) is 1. The molecule has 6 atom stereocenters. The molecule has 0 spiro atoms. The summed E-state index contributed by atoms with van der Waals surface area (Å²) in [5, 5.41) is 0. The molecule has 1 aliphatic heterocycles. The van der Waals surface area contributed by atoms with Crippen LogP contribution in [0.5, 0.6) is 0 Å². The Morgan fingerprint density at radius 3 is 2.43 bits per heavy atom. The smallest absolute Gasteiger partial charge is 0.127 e. The molecule has 2 N–H and O–H groups in total. The van der Waals surface area contributed by atoms with Crippen molar-refractivity contribution < 1.29 is 4.74 Å². The maximum absolute atomic E-state index is 6.07. The third kappa shape index (κ3) is 2.26. The highest BCUT2D eigenvalue weighted by Crippen LogP contribution is 2.43. The van der Waals surface area contributed by atoms with Crippen molar-refractivity contribution in [2.24, 2.45) is 23.5 Å². The number of hydrogen-bond acceptors (Lipinski definition) is 3. The topological polar surface area (TPSA) is 38.5 Å². The lowest BCUT2D eigenvalue weighted by Gasteiger charge is -2.21. The lowest BCUT2D eigenvalue weighted by Crippen LogP contribution is -2.24. The van der Waals surface area contributed by atoms with Gasteiger partial charge in [-0.2, -0.15) is 0 Å². The molecule has 2 fully saturated rings. The van der Waals surface area contributed by atoms with Gasteiger partial charge in [-0.05, 0) is 37.0 Å². The van der Waals surface area contributed by atoms with Gasteiger partial charge in [-0.1, -0.05) is 13.8 Å². The van der Waals surface area contributed by atoms with E-state index < -0.39 is 0 Å². The molecule has 14 heavy (non-hydrogen) atoms. The molecule has 1 aliphatic carbocycles. The van der Waals surface area contributed by atoms with Crippen molar-refractivity contribution in [1.29, 1.82) is 0 Å². The average molecular weight is 215 g/mol. The van der Waals surface area contributed by atoms with Crippen LogP contribution in [0.15, 0.2) is 0 Å². The molecule has 0 radical (unpaired) electrons. The normalized spacial score (nSPS) is 54.0. The fourth-order valence-corrected chi connectivity index (χ4v) is 3.31. The summed E-state index contributed by atoms with van der Waals surface area (Å²) in [6.45, 7) is 4.62. The molecular weight excluding hydrogens is 194 g/mol. The molecule has 2 aliphatic rings. The summed E-state index contributed by atoms with van der Waals surface area (Å²) in [6.07, 6.45) is 3.98. The molecule has 1 heterocycles. The van der Waals surface area contributed by atoms with Gasteiger partial charge >= 0.3 is 0 Å². The minimum absolute atomic E-state index is 0.198. The number of thiol groups is 1. The largest absolute Gasteiger partial charge is 0.358 e. The van der Waals surface area contributed by atoms with Gasteiger partial charge in [0, 0.05) is 6.04 Å². The molecule has 0 amide bonds. The van der Waals surface area contributed by atoms with E-state index in [1.54, 1.807) is 0 Å². The number of hydrogen-bond donors (Lipinski definition) is 2. The summed E-state index contributed by atoms with van der Waals surface area (Å²) in [7, 11) is 0. The van der Waals surface area contributed by atoms with Gasteiger partial charge in [0.1, 0.15) is 5.44 Å². The summed E-state index contributed by atoms with van der Waals surface area (Å²) >= 11 is 4.36. The fraction of sp³-hybridized carbons (Fsp3) is 1.00. The van der Waals surface area contributed by atoms with E-state index in [9.17, 15) is 0 Å². The Bertz CT molecular complexity index is 211. The Kier molecular flexibility index (Phi) is 3.10. The first-order valence-electron chi connectivity index (χ1n) is 5.67. The number of rotatable bonds is 1. The second-order valence-electron chi connectivity index (χ2n) is 5.20. The summed E-state index contributed by atoms with van der Waals surface area (Å²) in [5.74, 6) is 2.11. The van der Waals surface area contributed by atoms with Crippen molar-refractivity contribution in [2.45, 2.75) is 50.7 Å². The Hall–Kier alpha value is 0.270. The summed E-state index contributed by atoms with van der Waals surface area (Å²) in [6, 6.07) is 0.391. The third-order valence-electron chi connectivity index (χ3n) is 3.71. The lowest BCUT2D eigenvalue weighted by molar-refractivity contribution is 0.232. The summed E-state index contributed by atoms with van der Waals surface area (Å²) in [4.78, 5) is 0. The molecule has 0 bridgehead atoms. The maximum Gasteiger partial charge on any atom is 0.127 e. The van der Waals surface area contributed by atoms with Gasteiger partial charge < -0.3 is 10.5 Å². The van der Waals surface area contributed by atoms with Crippen molar-refractivity contribution in [1.82, 2.24) is 0 Å². The minimum Gasteiger partial charge on any atom is -0.358 e. The average Bonchev–Trinajstić information content (AvgIpc) is 2.77. The van der Waals surface area contributed by atoms with Crippen LogP contribution in [-0.2, 0) is 4.74 Å². The van der Waals surface area contributed by atoms with E-state index in [0.717, 1.165) is 12.3 Å². The van der Waals surface area contributed by atoms with Crippen LogP contribution in [0.1, 0.15) is 33.1 Å². The van der Waals surface area contributed by atoms with Crippen molar-refractivity contribution in [3.8, 4) is 0 Å². The van der Waals surface area contributed by atoms with E-state index in [0.29, 0.717) is 24.0 Å². The molecule has 1 saturated carbocycles. The zero-order valence-corrected chi connectivity index (χ0v) is 9.91. The van der Waals surface area contributed by atoms with Crippen LogP contribution in [0.2, 0.25) is 0 Å².